The predicted octanol–water partition coefficient (Wildman–Crippen LogP) is 3.41. The molecule has 1 amide bonds. The van der Waals surface area contributed by atoms with Gasteiger partial charge < -0.3 is 0 Å². The average molecular weight is 343 g/mol. The first-order valence-electron chi connectivity index (χ1n) is 5.17. The second-order valence-electron chi connectivity index (χ2n) is 3.49. The molecule has 0 aliphatic rings. The minimum Gasteiger partial charge on any atom is -0.289 e. The number of thiophene rings is 1. The third kappa shape index (κ3) is 3.58. The first-order valence-corrected chi connectivity index (χ1v) is 7.76. The van der Waals surface area contributed by atoms with E-state index in [9.17, 15) is 4.79 Å². The van der Waals surface area contributed by atoms with Crippen LogP contribution in [0.3, 0.4) is 0 Å². The summed E-state index contributed by atoms with van der Waals surface area (Å²) >= 11 is 6.65. The Hall–Kier alpha value is -0.820. The van der Waals surface area contributed by atoms with E-state index in [0.717, 1.165) is 15.1 Å². The van der Waals surface area contributed by atoms with Crippen molar-refractivity contribution in [2.75, 3.05) is 0 Å². The number of halogens is 1. The molecule has 6 heteroatoms. The summed E-state index contributed by atoms with van der Waals surface area (Å²) in [6.07, 6.45) is 0. The van der Waals surface area contributed by atoms with E-state index in [1.165, 1.54) is 16.2 Å². The molecule has 0 aliphatic heterocycles. The Labute approximate surface area is 122 Å². The molecule has 0 atom stereocenters. The number of hydrogen-bond donors (Lipinski definition) is 2. The molecule has 18 heavy (non-hydrogen) atoms. The van der Waals surface area contributed by atoms with E-state index >= 15 is 0 Å². The Morgan fingerprint density at radius 3 is 2.94 bits per heavy atom. The molecule has 1 aromatic heterocycles. The largest absolute Gasteiger partial charge is 0.289 e. The van der Waals surface area contributed by atoms with Crippen LogP contribution in [0.5, 0.6) is 0 Å². The number of hydrazine groups is 1. The summed E-state index contributed by atoms with van der Waals surface area (Å²) in [4.78, 5) is 14.3. The number of carbonyl (C=O) groups is 1. The normalized spacial score (nSPS) is 10.3. The van der Waals surface area contributed by atoms with E-state index in [0.29, 0.717) is 4.88 Å². The quantitative estimate of drug-likeness (QED) is 0.387. The maximum Gasteiger partial charge on any atom is 0.275 e. The fraction of sp³-hybridized carbons (Fsp3) is 0.0833. The van der Waals surface area contributed by atoms with Crippen molar-refractivity contribution >= 4 is 44.9 Å². The van der Waals surface area contributed by atoms with E-state index < -0.39 is 0 Å². The molecule has 0 saturated heterocycles. The molecule has 1 heterocycles. The molecule has 0 unspecified atom stereocenters. The van der Waals surface area contributed by atoms with Crippen molar-refractivity contribution in [1.82, 2.24) is 5.43 Å². The van der Waals surface area contributed by atoms with Crippen LogP contribution in [0.15, 0.2) is 45.8 Å². The number of thioether (sulfide) groups is 1. The van der Waals surface area contributed by atoms with Gasteiger partial charge in [-0.15, -0.1) is 23.1 Å². The first kappa shape index (κ1) is 13.6. The van der Waals surface area contributed by atoms with Gasteiger partial charge >= 0.3 is 0 Å². The van der Waals surface area contributed by atoms with E-state index in [1.807, 2.05) is 18.2 Å². The van der Waals surface area contributed by atoms with Crippen molar-refractivity contribution in [1.29, 1.82) is 0 Å². The number of hydrogen-bond acceptors (Lipinski definition) is 4. The van der Waals surface area contributed by atoms with Crippen LogP contribution in [0.2, 0.25) is 0 Å². The Balaban J connectivity index is 1.98. The molecule has 0 saturated carbocycles. The van der Waals surface area contributed by atoms with Gasteiger partial charge in [0.2, 0.25) is 0 Å². The van der Waals surface area contributed by atoms with Crippen LogP contribution in [0, 0.1) is 0 Å². The highest BCUT2D eigenvalue weighted by molar-refractivity contribution is 9.10. The Morgan fingerprint density at radius 1 is 1.39 bits per heavy atom. The number of rotatable bonds is 4. The van der Waals surface area contributed by atoms with Crippen LogP contribution in [-0.4, -0.2) is 5.91 Å². The van der Waals surface area contributed by atoms with Crippen LogP contribution < -0.4 is 11.3 Å². The van der Waals surface area contributed by atoms with Crippen LogP contribution in [-0.2, 0) is 5.75 Å². The summed E-state index contributed by atoms with van der Waals surface area (Å²) in [7, 11) is 0. The second kappa shape index (κ2) is 6.38. The lowest BCUT2D eigenvalue weighted by Gasteiger charge is -2.00. The first-order chi connectivity index (χ1) is 8.69. The minimum absolute atomic E-state index is 0.237. The summed E-state index contributed by atoms with van der Waals surface area (Å²) < 4.78 is 1.07. The number of carbonyl (C=O) groups excluding carboxylic acids is 1. The molecule has 1 aromatic carbocycles. The summed E-state index contributed by atoms with van der Waals surface area (Å²) in [5.74, 6) is 5.70. The van der Waals surface area contributed by atoms with Crippen molar-refractivity contribution in [3.63, 3.8) is 0 Å². The summed E-state index contributed by atoms with van der Waals surface area (Å²) in [6, 6.07) is 11.9. The Morgan fingerprint density at radius 2 is 2.22 bits per heavy atom. The minimum atomic E-state index is -0.237. The third-order valence-corrected chi connectivity index (χ3v) is 5.00. The van der Waals surface area contributed by atoms with Gasteiger partial charge in [0.05, 0.1) is 4.88 Å². The zero-order valence-electron chi connectivity index (χ0n) is 9.35. The summed E-state index contributed by atoms with van der Waals surface area (Å²) in [5.41, 5.74) is 2.13. The lowest BCUT2D eigenvalue weighted by atomic mass is 10.4. The number of nitrogens with two attached hydrogens (primary N) is 1. The van der Waals surface area contributed by atoms with Gasteiger partial charge in [-0.25, -0.2) is 5.84 Å². The van der Waals surface area contributed by atoms with Gasteiger partial charge in [0.25, 0.3) is 5.91 Å². The number of nitrogens with one attached hydrogen (secondary N) is 1. The van der Waals surface area contributed by atoms with Gasteiger partial charge in [-0.1, -0.05) is 22.0 Å². The van der Waals surface area contributed by atoms with Crippen LogP contribution in [0.4, 0.5) is 0 Å². The van der Waals surface area contributed by atoms with Gasteiger partial charge in [0, 0.05) is 20.0 Å². The fourth-order valence-electron chi connectivity index (χ4n) is 1.36. The molecular weight excluding hydrogens is 332 g/mol. The fourth-order valence-corrected chi connectivity index (χ4v) is 3.82. The molecule has 3 N–H and O–H groups in total. The predicted molar refractivity (Wildman–Crippen MR) is 79.7 cm³/mol. The van der Waals surface area contributed by atoms with E-state index in [2.05, 4.69) is 33.5 Å². The van der Waals surface area contributed by atoms with E-state index in [4.69, 9.17) is 5.84 Å². The van der Waals surface area contributed by atoms with Gasteiger partial charge in [0.15, 0.2) is 0 Å². The van der Waals surface area contributed by atoms with Crippen LogP contribution >= 0.6 is 39.0 Å². The molecular formula is C12H11BrN2OS2. The summed E-state index contributed by atoms with van der Waals surface area (Å²) in [5, 5.41) is 0. The molecule has 0 bridgehead atoms. The SMILES string of the molecule is NNC(=O)c1ccc(CSc2cccc(Br)c2)s1. The van der Waals surface area contributed by atoms with E-state index in [-0.39, 0.29) is 5.91 Å². The van der Waals surface area contributed by atoms with E-state index in [1.54, 1.807) is 17.8 Å². The molecule has 2 aromatic rings. The second-order valence-corrected chi connectivity index (χ2v) is 6.62. The molecule has 3 nitrogen and oxygen atoms in total. The molecule has 0 fully saturated rings. The lowest BCUT2D eigenvalue weighted by Crippen LogP contribution is -2.29. The monoisotopic (exact) mass is 342 g/mol. The van der Waals surface area contributed by atoms with Crippen molar-refractivity contribution in [2.24, 2.45) is 5.84 Å². The molecule has 0 radical (unpaired) electrons. The van der Waals surface area contributed by atoms with Gasteiger partial charge in [0.1, 0.15) is 0 Å². The Bertz CT molecular complexity index is 557. The highest BCUT2D eigenvalue weighted by atomic mass is 79.9. The van der Waals surface area contributed by atoms with Gasteiger partial charge in [-0.05, 0) is 30.3 Å². The standard InChI is InChI=1S/C12H11BrN2OS2/c13-8-2-1-3-9(6-8)17-7-10-4-5-11(18-10)12(16)15-14/h1-6H,7,14H2,(H,15,16). The number of amides is 1. The number of benzene rings is 1. The van der Waals surface area contributed by atoms with Crippen molar-refractivity contribution < 1.29 is 4.79 Å². The molecule has 2 rings (SSSR count). The maximum atomic E-state index is 11.3. The van der Waals surface area contributed by atoms with Gasteiger partial charge in [-0.2, -0.15) is 0 Å². The molecule has 94 valence electrons. The molecule has 0 spiro atoms. The third-order valence-electron chi connectivity index (χ3n) is 2.19. The van der Waals surface area contributed by atoms with Crippen molar-refractivity contribution in [3.05, 3.63) is 50.6 Å². The van der Waals surface area contributed by atoms with Crippen LogP contribution in [0.1, 0.15) is 14.5 Å². The smallest absolute Gasteiger partial charge is 0.275 e. The maximum absolute atomic E-state index is 11.3. The summed E-state index contributed by atoms with van der Waals surface area (Å²) in [6.45, 7) is 0. The topological polar surface area (TPSA) is 55.1 Å². The highest BCUT2D eigenvalue weighted by Gasteiger charge is 2.07. The van der Waals surface area contributed by atoms with Crippen LogP contribution in [0.25, 0.3) is 0 Å². The lowest BCUT2D eigenvalue weighted by molar-refractivity contribution is 0.0957. The van der Waals surface area contributed by atoms with Gasteiger partial charge in [-0.3, -0.25) is 10.2 Å². The zero-order valence-corrected chi connectivity index (χ0v) is 12.6. The zero-order chi connectivity index (χ0) is 13.0. The Kier molecular flexibility index (Phi) is 4.82. The number of nitrogen functional groups attached to an aromatic ring is 1. The molecule has 0 aliphatic carbocycles. The average Bonchev–Trinajstić information content (AvgIpc) is 2.84. The van der Waals surface area contributed by atoms with Crippen molar-refractivity contribution in [3.8, 4) is 0 Å². The van der Waals surface area contributed by atoms with Crippen molar-refractivity contribution in [2.45, 2.75) is 10.6 Å². The highest BCUT2D eigenvalue weighted by Crippen LogP contribution is 2.28.